The molecule has 0 aliphatic rings. The number of carbonyl (C=O) groups is 1. The molecule has 0 spiro atoms. The van der Waals surface area contributed by atoms with Crippen molar-refractivity contribution in [1.29, 1.82) is 0 Å². The van der Waals surface area contributed by atoms with Crippen molar-refractivity contribution < 1.29 is 18.7 Å². The summed E-state index contributed by atoms with van der Waals surface area (Å²) in [7, 11) is 1.60. The summed E-state index contributed by atoms with van der Waals surface area (Å²) in [6.45, 7) is -0.249. The van der Waals surface area contributed by atoms with Crippen molar-refractivity contribution in [2.75, 3.05) is 19.0 Å². The van der Waals surface area contributed by atoms with Crippen LogP contribution in [0, 0.1) is 5.82 Å². The summed E-state index contributed by atoms with van der Waals surface area (Å²) in [4.78, 5) is 11.9. The van der Waals surface area contributed by atoms with Crippen molar-refractivity contribution in [3.05, 3.63) is 65.4 Å². The topological polar surface area (TPSA) is 47.6 Å². The van der Waals surface area contributed by atoms with Gasteiger partial charge in [-0.2, -0.15) is 0 Å². The molecule has 0 aliphatic carbocycles. The number of ether oxygens (including phenoxy) is 2. The molecule has 6 heteroatoms. The van der Waals surface area contributed by atoms with Gasteiger partial charge in [0, 0.05) is 5.02 Å². The van der Waals surface area contributed by atoms with E-state index in [9.17, 15) is 9.18 Å². The number of hydrogen-bond donors (Lipinski definition) is 1. The minimum absolute atomic E-state index is 0.0179. The highest BCUT2D eigenvalue weighted by Crippen LogP contribution is 2.25. The van der Waals surface area contributed by atoms with Gasteiger partial charge in [0.1, 0.15) is 17.3 Å². The number of benzene rings is 3. The molecule has 0 heterocycles. The zero-order valence-electron chi connectivity index (χ0n) is 13.4. The third-order valence-corrected chi connectivity index (χ3v) is 3.83. The second-order valence-corrected chi connectivity index (χ2v) is 5.77. The molecule has 0 bridgehead atoms. The molecule has 0 fully saturated rings. The van der Waals surface area contributed by atoms with Crippen molar-refractivity contribution in [2.24, 2.45) is 0 Å². The first-order valence-corrected chi connectivity index (χ1v) is 7.88. The maximum absolute atomic E-state index is 13.6. The molecule has 1 N–H and O–H groups in total. The Balaban J connectivity index is 1.67. The number of carbonyl (C=O) groups excluding carboxylic acids is 1. The van der Waals surface area contributed by atoms with Crippen LogP contribution in [0.15, 0.2) is 54.6 Å². The van der Waals surface area contributed by atoms with Crippen LogP contribution in [0.25, 0.3) is 10.8 Å². The summed E-state index contributed by atoms with van der Waals surface area (Å²) in [5.41, 5.74) is 0.0179. The smallest absolute Gasteiger partial charge is 0.262 e. The van der Waals surface area contributed by atoms with E-state index in [2.05, 4.69) is 5.32 Å². The summed E-state index contributed by atoms with van der Waals surface area (Å²) in [6, 6.07) is 15.1. The molecule has 0 unspecified atom stereocenters. The van der Waals surface area contributed by atoms with Crippen molar-refractivity contribution >= 4 is 34.0 Å². The third-order valence-electron chi connectivity index (χ3n) is 3.59. The number of methoxy groups -OCH3 is 1. The van der Waals surface area contributed by atoms with Gasteiger partial charge in [0.15, 0.2) is 6.61 Å². The fraction of sp³-hybridized carbons (Fsp3) is 0.105. The Morgan fingerprint density at radius 1 is 1.04 bits per heavy atom. The maximum Gasteiger partial charge on any atom is 0.262 e. The van der Waals surface area contributed by atoms with E-state index in [0.29, 0.717) is 10.8 Å². The predicted molar refractivity (Wildman–Crippen MR) is 96.0 cm³/mol. The van der Waals surface area contributed by atoms with E-state index in [1.54, 1.807) is 13.2 Å². The average molecular weight is 360 g/mol. The lowest BCUT2D eigenvalue weighted by atomic mass is 10.1. The van der Waals surface area contributed by atoms with Crippen molar-refractivity contribution in [2.45, 2.75) is 0 Å². The second-order valence-electron chi connectivity index (χ2n) is 5.34. The Hall–Kier alpha value is -2.79. The first-order chi connectivity index (χ1) is 12.0. The summed E-state index contributed by atoms with van der Waals surface area (Å²) in [6.07, 6.45) is 0. The Bertz CT molecular complexity index is 930. The van der Waals surface area contributed by atoms with Gasteiger partial charge in [-0.3, -0.25) is 4.79 Å². The van der Waals surface area contributed by atoms with Crippen molar-refractivity contribution in [3.63, 3.8) is 0 Å². The number of hydrogen-bond acceptors (Lipinski definition) is 3. The van der Waals surface area contributed by atoms with Gasteiger partial charge in [-0.15, -0.1) is 0 Å². The van der Waals surface area contributed by atoms with E-state index < -0.39 is 11.7 Å². The predicted octanol–water partition coefficient (Wildman–Crippen LogP) is 4.66. The minimum Gasteiger partial charge on any atom is -0.497 e. The molecule has 0 aromatic heterocycles. The highest BCUT2D eigenvalue weighted by molar-refractivity contribution is 6.30. The van der Waals surface area contributed by atoms with Crippen LogP contribution in [0.3, 0.4) is 0 Å². The monoisotopic (exact) mass is 359 g/mol. The number of nitrogens with one attached hydrogen (secondary N) is 1. The van der Waals surface area contributed by atoms with Gasteiger partial charge in [-0.1, -0.05) is 23.7 Å². The zero-order chi connectivity index (χ0) is 17.8. The quantitative estimate of drug-likeness (QED) is 0.720. The summed E-state index contributed by atoms with van der Waals surface area (Å²) < 4.78 is 24.3. The van der Waals surface area contributed by atoms with Gasteiger partial charge in [-0.25, -0.2) is 4.39 Å². The normalized spacial score (nSPS) is 10.5. The van der Waals surface area contributed by atoms with Crippen LogP contribution in [-0.4, -0.2) is 19.6 Å². The van der Waals surface area contributed by atoms with Crippen LogP contribution in [0.1, 0.15) is 0 Å². The molecule has 1 amide bonds. The summed E-state index contributed by atoms with van der Waals surface area (Å²) in [5.74, 6) is 0.226. The molecule has 0 aliphatic heterocycles. The molecule has 0 atom stereocenters. The molecule has 3 aromatic carbocycles. The molecule has 0 radical (unpaired) electrons. The van der Waals surface area contributed by atoms with Gasteiger partial charge >= 0.3 is 0 Å². The highest BCUT2D eigenvalue weighted by Gasteiger charge is 2.09. The third kappa shape index (κ3) is 4.19. The number of rotatable bonds is 5. The summed E-state index contributed by atoms with van der Waals surface area (Å²) in [5, 5.41) is 4.72. The second kappa shape index (κ2) is 7.40. The van der Waals surface area contributed by atoms with Crippen LogP contribution < -0.4 is 14.8 Å². The lowest BCUT2D eigenvalue weighted by Gasteiger charge is -2.10. The van der Waals surface area contributed by atoms with Crippen LogP contribution in [0.2, 0.25) is 5.02 Å². The molecule has 0 saturated carbocycles. The highest BCUT2D eigenvalue weighted by atomic mass is 35.5. The number of amides is 1. The van der Waals surface area contributed by atoms with Crippen LogP contribution in [0.4, 0.5) is 10.1 Å². The van der Waals surface area contributed by atoms with E-state index in [1.165, 1.54) is 18.2 Å². The van der Waals surface area contributed by atoms with E-state index in [1.807, 2.05) is 30.3 Å². The molecule has 0 saturated heterocycles. The van der Waals surface area contributed by atoms with Crippen LogP contribution in [0.5, 0.6) is 11.5 Å². The number of halogens is 2. The fourth-order valence-corrected chi connectivity index (χ4v) is 2.52. The molecule has 3 aromatic rings. The average Bonchev–Trinajstić information content (AvgIpc) is 2.62. The van der Waals surface area contributed by atoms with Gasteiger partial charge in [0.25, 0.3) is 5.91 Å². The molecule has 3 rings (SSSR count). The molecule has 128 valence electrons. The SMILES string of the molecule is COc1ccc2ccc(OCC(=O)Nc3cc(Cl)ccc3F)cc2c1. The number of anilines is 1. The fourth-order valence-electron chi connectivity index (χ4n) is 2.35. The Kier molecular flexibility index (Phi) is 5.05. The molecular formula is C19H15ClFNO3. The van der Waals surface area contributed by atoms with E-state index >= 15 is 0 Å². The van der Waals surface area contributed by atoms with Crippen molar-refractivity contribution in [1.82, 2.24) is 0 Å². The lowest BCUT2D eigenvalue weighted by molar-refractivity contribution is -0.118. The Labute approximate surface area is 149 Å². The standard InChI is InChI=1S/C19H15ClFNO3/c1-24-15-5-2-12-3-6-16(9-13(12)8-15)25-11-19(23)22-18-10-14(20)4-7-17(18)21/h2-10H,11H2,1H3,(H,22,23). The van der Waals surface area contributed by atoms with Crippen LogP contribution in [-0.2, 0) is 4.79 Å². The number of fused-ring (bicyclic) bond motifs is 1. The van der Waals surface area contributed by atoms with Gasteiger partial charge in [0.05, 0.1) is 12.8 Å². The minimum atomic E-state index is -0.560. The Morgan fingerprint density at radius 3 is 2.52 bits per heavy atom. The first kappa shape index (κ1) is 17.0. The zero-order valence-corrected chi connectivity index (χ0v) is 14.1. The van der Waals surface area contributed by atoms with E-state index in [4.69, 9.17) is 21.1 Å². The first-order valence-electron chi connectivity index (χ1n) is 7.50. The van der Waals surface area contributed by atoms with E-state index in [-0.39, 0.29) is 12.3 Å². The van der Waals surface area contributed by atoms with Gasteiger partial charge in [-0.05, 0) is 53.2 Å². The lowest BCUT2D eigenvalue weighted by Crippen LogP contribution is -2.20. The van der Waals surface area contributed by atoms with E-state index in [0.717, 1.165) is 16.5 Å². The van der Waals surface area contributed by atoms with Crippen LogP contribution >= 0.6 is 11.6 Å². The maximum atomic E-state index is 13.6. The summed E-state index contributed by atoms with van der Waals surface area (Å²) >= 11 is 5.79. The molecule has 4 nitrogen and oxygen atoms in total. The largest absolute Gasteiger partial charge is 0.497 e. The van der Waals surface area contributed by atoms with Gasteiger partial charge < -0.3 is 14.8 Å². The molecular weight excluding hydrogens is 345 g/mol. The van der Waals surface area contributed by atoms with Crippen molar-refractivity contribution in [3.8, 4) is 11.5 Å². The van der Waals surface area contributed by atoms with Gasteiger partial charge in [0.2, 0.25) is 0 Å². The Morgan fingerprint density at radius 2 is 1.76 bits per heavy atom. The molecule has 25 heavy (non-hydrogen) atoms.